The molecule has 4 aliphatic rings. The maximum atomic E-state index is 12.9. The molecule has 2 saturated heterocycles. The van der Waals surface area contributed by atoms with Gasteiger partial charge in [-0.25, -0.2) is 0 Å². The molecular formula is C20H22O9. The standard InChI is InChI=1S/C20H22O9/c1-17-5-7-19(3,28-17)11(9(17)13(21)22)15(25)27-16(26)12-10(14(23)24)18(2)6-8-20(12,4)29-18/h5-12H,1-4H3,(H,21,22)(H,23,24). The van der Waals surface area contributed by atoms with Crippen molar-refractivity contribution >= 4 is 23.9 Å². The van der Waals surface area contributed by atoms with Gasteiger partial charge < -0.3 is 24.4 Å². The summed E-state index contributed by atoms with van der Waals surface area (Å²) in [5.74, 6) is -9.57. The summed E-state index contributed by atoms with van der Waals surface area (Å²) in [6.45, 7) is 6.22. The zero-order valence-corrected chi connectivity index (χ0v) is 16.4. The van der Waals surface area contributed by atoms with Crippen molar-refractivity contribution in [3.8, 4) is 0 Å². The van der Waals surface area contributed by atoms with Crippen LogP contribution in [-0.2, 0) is 33.4 Å². The summed E-state index contributed by atoms with van der Waals surface area (Å²) in [6, 6.07) is 0. The Labute approximate surface area is 166 Å². The largest absolute Gasteiger partial charge is 0.481 e. The third-order valence-electron chi connectivity index (χ3n) is 6.75. The van der Waals surface area contributed by atoms with Crippen LogP contribution in [0.5, 0.6) is 0 Å². The van der Waals surface area contributed by atoms with Crippen LogP contribution in [0.25, 0.3) is 0 Å². The average Bonchev–Trinajstić information content (AvgIpc) is 3.21. The predicted molar refractivity (Wildman–Crippen MR) is 94.4 cm³/mol. The third-order valence-corrected chi connectivity index (χ3v) is 6.75. The summed E-state index contributed by atoms with van der Waals surface area (Å²) in [7, 11) is 0. The molecule has 9 heteroatoms. The molecule has 2 fully saturated rings. The normalized spacial score (nSPS) is 48.8. The van der Waals surface area contributed by atoms with Gasteiger partial charge in [0.1, 0.15) is 23.7 Å². The number of hydrogen-bond acceptors (Lipinski definition) is 7. The first-order valence-electron chi connectivity index (χ1n) is 9.29. The Balaban J connectivity index is 1.62. The molecule has 0 spiro atoms. The van der Waals surface area contributed by atoms with Gasteiger partial charge in [-0.05, 0) is 27.7 Å². The van der Waals surface area contributed by atoms with E-state index in [9.17, 15) is 29.4 Å². The molecule has 0 aromatic rings. The van der Waals surface area contributed by atoms with Gasteiger partial charge in [0.05, 0.1) is 22.4 Å². The second kappa shape index (κ2) is 5.54. The molecule has 8 unspecified atom stereocenters. The van der Waals surface area contributed by atoms with Crippen molar-refractivity contribution in [1.82, 2.24) is 0 Å². The van der Waals surface area contributed by atoms with E-state index in [1.54, 1.807) is 52.0 Å². The van der Waals surface area contributed by atoms with E-state index in [2.05, 4.69) is 0 Å². The van der Waals surface area contributed by atoms with Crippen LogP contribution in [-0.4, -0.2) is 56.5 Å². The van der Waals surface area contributed by atoms with Gasteiger partial charge in [-0.1, -0.05) is 24.3 Å². The van der Waals surface area contributed by atoms with E-state index in [1.165, 1.54) is 0 Å². The Bertz CT molecular complexity index is 834. The van der Waals surface area contributed by atoms with Crippen molar-refractivity contribution in [3.05, 3.63) is 24.3 Å². The van der Waals surface area contributed by atoms with Gasteiger partial charge in [-0.3, -0.25) is 19.2 Å². The molecular weight excluding hydrogens is 384 g/mol. The third kappa shape index (κ3) is 2.47. The van der Waals surface area contributed by atoms with E-state index in [1.807, 2.05) is 0 Å². The van der Waals surface area contributed by atoms with Crippen molar-refractivity contribution in [3.63, 3.8) is 0 Å². The molecule has 9 nitrogen and oxygen atoms in total. The summed E-state index contributed by atoms with van der Waals surface area (Å²) in [4.78, 5) is 49.5. The lowest BCUT2D eigenvalue weighted by Crippen LogP contribution is -2.48. The summed E-state index contributed by atoms with van der Waals surface area (Å²) in [5, 5.41) is 19.3. The van der Waals surface area contributed by atoms with Crippen molar-refractivity contribution in [2.45, 2.75) is 50.1 Å². The molecule has 0 radical (unpaired) electrons. The van der Waals surface area contributed by atoms with Crippen LogP contribution in [0.4, 0.5) is 0 Å². The first-order chi connectivity index (χ1) is 13.3. The van der Waals surface area contributed by atoms with Gasteiger partial charge >= 0.3 is 23.9 Å². The average molecular weight is 406 g/mol. The first kappa shape index (κ1) is 19.8. The number of fused-ring (bicyclic) bond motifs is 4. The van der Waals surface area contributed by atoms with Crippen LogP contribution in [0.15, 0.2) is 24.3 Å². The molecule has 0 aliphatic carbocycles. The second-order valence-electron chi connectivity index (χ2n) is 8.93. The minimum atomic E-state index is -1.25. The number of rotatable bonds is 4. The summed E-state index contributed by atoms with van der Waals surface area (Å²) in [5.41, 5.74) is -4.87. The van der Waals surface area contributed by atoms with Gasteiger partial charge in [-0.2, -0.15) is 0 Å². The highest BCUT2D eigenvalue weighted by atomic mass is 16.6. The SMILES string of the molecule is CC12C=CC(C)(O1)C(C(=O)OC(=O)C1C(C(=O)O)C3(C)C=CC1(C)O3)C2C(=O)O. The summed E-state index contributed by atoms with van der Waals surface area (Å²) in [6.07, 6.45) is 6.37. The molecule has 29 heavy (non-hydrogen) atoms. The van der Waals surface area contributed by atoms with Crippen LogP contribution >= 0.6 is 0 Å². The van der Waals surface area contributed by atoms with Crippen LogP contribution in [0.2, 0.25) is 0 Å². The fourth-order valence-electron chi connectivity index (χ4n) is 5.48. The Morgan fingerprint density at radius 3 is 1.21 bits per heavy atom. The van der Waals surface area contributed by atoms with E-state index < -0.39 is 70.0 Å². The summed E-state index contributed by atoms with van der Waals surface area (Å²) < 4.78 is 16.6. The topological polar surface area (TPSA) is 136 Å². The number of carboxylic acids is 2. The van der Waals surface area contributed by atoms with Crippen molar-refractivity contribution in [2.75, 3.05) is 0 Å². The minimum absolute atomic E-state index is 1.05. The van der Waals surface area contributed by atoms with Crippen LogP contribution < -0.4 is 0 Å². The zero-order chi connectivity index (χ0) is 21.6. The van der Waals surface area contributed by atoms with Crippen molar-refractivity contribution in [2.24, 2.45) is 23.7 Å². The zero-order valence-electron chi connectivity index (χ0n) is 16.4. The predicted octanol–water partition coefficient (Wildman–Crippen LogP) is 0.925. The van der Waals surface area contributed by atoms with Gasteiger partial charge in [0.2, 0.25) is 0 Å². The van der Waals surface area contributed by atoms with E-state index in [-0.39, 0.29) is 0 Å². The molecule has 156 valence electrons. The number of esters is 2. The number of ether oxygens (including phenoxy) is 3. The van der Waals surface area contributed by atoms with Gasteiger partial charge in [-0.15, -0.1) is 0 Å². The Morgan fingerprint density at radius 2 is 0.931 bits per heavy atom. The Kier molecular flexibility index (Phi) is 3.78. The van der Waals surface area contributed by atoms with Crippen LogP contribution in [0, 0.1) is 23.7 Å². The van der Waals surface area contributed by atoms with Crippen LogP contribution in [0.1, 0.15) is 27.7 Å². The molecule has 2 N–H and O–H groups in total. The summed E-state index contributed by atoms with van der Waals surface area (Å²) >= 11 is 0. The molecule has 8 atom stereocenters. The number of carboxylic acid groups (broad SMARTS) is 2. The second-order valence-corrected chi connectivity index (χ2v) is 8.93. The highest BCUT2D eigenvalue weighted by Crippen LogP contribution is 2.55. The van der Waals surface area contributed by atoms with Gasteiger partial charge in [0.15, 0.2) is 0 Å². The molecule has 4 aliphatic heterocycles. The van der Waals surface area contributed by atoms with E-state index >= 15 is 0 Å². The molecule has 4 bridgehead atoms. The van der Waals surface area contributed by atoms with Gasteiger partial charge in [0.25, 0.3) is 0 Å². The molecule has 0 amide bonds. The molecule has 0 aromatic heterocycles. The maximum absolute atomic E-state index is 12.9. The number of hydrogen-bond donors (Lipinski definition) is 2. The van der Waals surface area contributed by atoms with Gasteiger partial charge in [0, 0.05) is 0 Å². The van der Waals surface area contributed by atoms with Crippen LogP contribution in [0.3, 0.4) is 0 Å². The minimum Gasteiger partial charge on any atom is -0.481 e. The highest BCUT2D eigenvalue weighted by Gasteiger charge is 2.69. The quantitative estimate of drug-likeness (QED) is 0.397. The Morgan fingerprint density at radius 1 is 0.655 bits per heavy atom. The first-order valence-corrected chi connectivity index (χ1v) is 9.29. The molecule has 4 rings (SSSR count). The Hall–Kier alpha value is -2.52. The number of aliphatic carboxylic acids is 2. The number of carbonyl (C=O) groups is 4. The van der Waals surface area contributed by atoms with E-state index in [0.29, 0.717) is 0 Å². The lowest BCUT2D eigenvalue weighted by Gasteiger charge is -2.31. The highest BCUT2D eigenvalue weighted by molar-refractivity contribution is 5.95. The molecule has 4 heterocycles. The van der Waals surface area contributed by atoms with Crippen molar-refractivity contribution in [1.29, 1.82) is 0 Å². The van der Waals surface area contributed by atoms with E-state index in [4.69, 9.17) is 14.2 Å². The monoisotopic (exact) mass is 406 g/mol. The van der Waals surface area contributed by atoms with Crippen molar-refractivity contribution < 1.29 is 43.6 Å². The lowest BCUT2D eigenvalue weighted by molar-refractivity contribution is -0.174. The molecule has 0 aromatic carbocycles. The smallest absolute Gasteiger partial charge is 0.320 e. The fraction of sp³-hybridized carbons (Fsp3) is 0.600. The molecule has 0 saturated carbocycles. The fourth-order valence-corrected chi connectivity index (χ4v) is 5.48. The lowest BCUT2D eigenvalue weighted by atomic mass is 9.71. The maximum Gasteiger partial charge on any atom is 0.320 e. The number of carbonyl (C=O) groups excluding carboxylic acids is 2. The van der Waals surface area contributed by atoms with E-state index in [0.717, 1.165) is 0 Å².